The van der Waals surface area contributed by atoms with Crippen molar-refractivity contribution in [2.45, 2.75) is 6.92 Å². The number of benzene rings is 1. The maximum atomic E-state index is 10.5. The van der Waals surface area contributed by atoms with Crippen molar-refractivity contribution in [3.8, 4) is 0 Å². The summed E-state index contributed by atoms with van der Waals surface area (Å²) in [6.45, 7) is 1.65. The summed E-state index contributed by atoms with van der Waals surface area (Å²) in [4.78, 5) is 10.5. The van der Waals surface area contributed by atoms with Gasteiger partial charge < -0.3 is 5.11 Å². The van der Waals surface area contributed by atoms with E-state index in [4.69, 9.17) is 5.11 Å². The third kappa shape index (κ3) is 3.11. The molecule has 0 radical (unpaired) electrons. The second-order valence-corrected chi connectivity index (χ2v) is 2.90. The smallest absolute Gasteiger partial charge is 0.310 e. The van der Waals surface area contributed by atoms with E-state index in [0.29, 0.717) is 0 Å². The molecule has 1 aromatic rings. The molecule has 2 nitrogen and oxygen atoms in total. The SMILES string of the molecule is CC(C=Cc1ccccc1)C(=O)O. The third-order valence-electron chi connectivity index (χ3n) is 1.77. The molecule has 0 spiro atoms. The van der Waals surface area contributed by atoms with Crippen LogP contribution in [0.4, 0.5) is 0 Å². The van der Waals surface area contributed by atoms with E-state index in [-0.39, 0.29) is 0 Å². The highest BCUT2D eigenvalue weighted by Crippen LogP contribution is 2.05. The molecule has 1 N–H and O–H groups in total. The van der Waals surface area contributed by atoms with E-state index >= 15 is 0 Å². The van der Waals surface area contributed by atoms with Crippen molar-refractivity contribution in [1.29, 1.82) is 0 Å². The standard InChI is InChI=1S/C11H12O2/c1-9(11(12)13)7-8-10-5-3-2-4-6-10/h2-9H,1H3,(H,12,13). The average Bonchev–Trinajstić information content (AvgIpc) is 2.15. The number of carboxylic acids is 1. The van der Waals surface area contributed by atoms with Crippen LogP contribution in [-0.4, -0.2) is 11.1 Å². The van der Waals surface area contributed by atoms with Gasteiger partial charge in [-0.15, -0.1) is 0 Å². The van der Waals surface area contributed by atoms with E-state index in [0.717, 1.165) is 5.56 Å². The molecule has 1 aromatic carbocycles. The lowest BCUT2D eigenvalue weighted by molar-refractivity contribution is -0.139. The predicted molar refractivity (Wildman–Crippen MR) is 52.3 cm³/mol. The maximum absolute atomic E-state index is 10.5. The minimum atomic E-state index is -0.799. The first-order valence-corrected chi connectivity index (χ1v) is 4.16. The zero-order valence-electron chi connectivity index (χ0n) is 7.47. The Bertz CT molecular complexity index is 301. The van der Waals surface area contributed by atoms with Gasteiger partial charge in [0.05, 0.1) is 5.92 Å². The van der Waals surface area contributed by atoms with Gasteiger partial charge in [0.15, 0.2) is 0 Å². The number of carbonyl (C=O) groups is 1. The predicted octanol–water partition coefficient (Wildman–Crippen LogP) is 2.42. The molecule has 0 bridgehead atoms. The molecular weight excluding hydrogens is 164 g/mol. The Balaban J connectivity index is 2.64. The van der Waals surface area contributed by atoms with Gasteiger partial charge in [0.2, 0.25) is 0 Å². The first kappa shape index (κ1) is 9.52. The summed E-state index contributed by atoms with van der Waals surface area (Å²) < 4.78 is 0. The lowest BCUT2D eigenvalue weighted by Crippen LogP contribution is -2.05. The second-order valence-electron chi connectivity index (χ2n) is 2.90. The minimum absolute atomic E-state index is 0.430. The van der Waals surface area contributed by atoms with Gasteiger partial charge in [0.1, 0.15) is 0 Å². The van der Waals surface area contributed by atoms with Crippen molar-refractivity contribution in [2.75, 3.05) is 0 Å². The van der Waals surface area contributed by atoms with Crippen LogP contribution < -0.4 is 0 Å². The molecule has 0 aromatic heterocycles. The Morgan fingerprint density at radius 3 is 2.54 bits per heavy atom. The average molecular weight is 176 g/mol. The van der Waals surface area contributed by atoms with Crippen molar-refractivity contribution in [1.82, 2.24) is 0 Å². The molecule has 1 unspecified atom stereocenters. The van der Waals surface area contributed by atoms with Crippen molar-refractivity contribution >= 4 is 12.0 Å². The largest absolute Gasteiger partial charge is 0.481 e. The molecule has 13 heavy (non-hydrogen) atoms. The van der Waals surface area contributed by atoms with Crippen LogP contribution in [0.5, 0.6) is 0 Å². The molecule has 2 heteroatoms. The van der Waals surface area contributed by atoms with Gasteiger partial charge in [0, 0.05) is 0 Å². The Morgan fingerprint density at radius 2 is 2.00 bits per heavy atom. The fourth-order valence-corrected chi connectivity index (χ4v) is 0.902. The number of carboxylic acid groups (broad SMARTS) is 1. The quantitative estimate of drug-likeness (QED) is 0.767. The summed E-state index contributed by atoms with van der Waals surface area (Å²) in [6.07, 6.45) is 3.50. The summed E-state index contributed by atoms with van der Waals surface area (Å²) in [5, 5.41) is 8.61. The maximum Gasteiger partial charge on any atom is 0.310 e. The summed E-state index contributed by atoms with van der Waals surface area (Å²) in [5.74, 6) is -1.23. The first-order valence-electron chi connectivity index (χ1n) is 4.16. The van der Waals surface area contributed by atoms with Crippen molar-refractivity contribution < 1.29 is 9.90 Å². The van der Waals surface area contributed by atoms with Gasteiger partial charge >= 0.3 is 5.97 Å². The fraction of sp³-hybridized carbons (Fsp3) is 0.182. The summed E-state index contributed by atoms with van der Waals surface area (Å²) in [7, 11) is 0. The highest BCUT2D eigenvalue weighted by molar-refractivity contribution is 5.73. The van der Waals surface area contributed by atoms with E-state index in [1.165, 1.54) is 0 Å². The molecule has 1 atom stereocenters. The second kappa shape index (κ2) is 4.45. The molecule has 0 aliphatic heterocycles. The van der Waals surface area contributed by atoms with Crippen LogP contribution in [0.2, 0.25) is 0 Å². The third-order valence-corrected chi connectivity index (χ3v) is 1.77. The van der Waals surface area contributed by atoms with E-state index in [9.17, 15) is 4.79 Å². The summed E-state index contributed by atoms with van der Waals surface area (Å²) in [6, 6.07) is 9.64. The van der Waals surface area contributed by atoms with E-state index in [2.05, 4.69) is 0 Å². The van der Waals surface area contributed by atoms with Crippen LogP contribution in [0.3, 0.4) is 0 Å². The van der Waals surface area contributed by atoms with Gasteiger partial charge in [-0.05, 0) is 12.5 Å². The zero-order valence-corrected chi connectivity index (χ0v) is 7.47. The van der Waals surface area contributed by atoms with Crippen molar-refractivity contribution in [2.24, 2.45) is 5.92 Å². The monoisotopic (exact) mass is 176 g/mol. The van der Waals surface area contributed by atoms with Crippen molar-refractivity contribution in [3.05, 3.63) is 42.0 Å². The lowest BCUT2D eigenvalue weighted by Gasteiger charge is -1.97. The van der Waals surface area contributed by atoms with Crippen LogP contribution in [0.1, 0.15) is 12.5 Å². The highest BCUT2D eigenvalue weighted by Gasteiger charge is 2.04. The molecule has 0 heterocycles. The number of hydrogen-bond donors (Lipinski definition) is 1. The van der Waals surface area contributed by atoms with E-state index in [1.807, 2.05) is 36.4 Å². The molecule has 0 fully saturated rings. The number of aliphatic carboxylic acids is 1. The Hall–Kier alpha value is -1.57. The molecule has 68 valence electrons. The number of hydrogen-bond acceptors (Lipinski definition) is 1. The van der Waals surface area contributed by atoms with Crippen LogP contribution in [0, 0.1) is 5.92 Å². The Morgan fingerprint density at radius 1 is 1.38 bits per heavy atom. The molecule has 0 saturated heterocycles. The van der Waals surface area contributed by atoms with Gasteiger partial charge in [-0.1, -0.05) is 42.5 Å². The van der Waals surface area contributed by atoms with Crippen LogP contribution >= 0.6 is 0 Å². The van der Waals surface area contributed by atoms with Gasteiger partial charge in [0.25, 0.3) is 0 Å². The summed E-state index contributed by atoms with van der Waals surface area (Å²) in [5.41, 5.74) is 1.02. The lowest BCUT2D eigenvalue weighted by atomic mass is 10.1. The number of rotatable bonds is 3. The molecule has 0 amide bonds. The zero-order chi connectivity index (χ0) is 9.68. The minimum Gasteiger partial charge on any atom is -0.481 e. The topological polar surface area (TPSA) is 37.3 Å². The van der Waals surface area contributed by atoms with Gasteiger partial charge in [-0.3, -0.25) is 4.79 Å². The molecule has 0 saturated carbocycles. The molecule has 1 rings (SSSR count). The fourth-order valence-electron chi connectivity index (χ4n) is 0.902. The summed E-state index contributed by atoms with van der Waals surface area (Å²) >= 11 is 0. The van der Waals surface area contributed by atoms with Crippen molar-refractivity contribution in [3.63, 3.8) is 0 Å². The molecule has 0 aliphatic rings. The molecular formula is C11H12O2. The van der Waals surface area contributed by atoms with E-state index < -0.39 is 11.9 Å². The molecule has 0 aliphatic carbocycles. The first-order chi connectivity index (χ1) is 6.20. The van der Waals surface area contributed by atoms with Gasteiger partial charge in [-0.2, -0.15) is 0 Å². The van der Waals surface area contributed by atoms with E-state index in [1.54, 1.807) is 13.0 Å². The van der Waals surface area contributed by atoms with Crippen LogP contribution in [0.15, 0.2) is 36.4 Å². The highest BCUT2D eigenvalue weighted by atomic mass is 16.4. The Labute approximate surface area is 77.5 Å². The normalized spacial score (nSPS) is 13.0. The van der Waals surface area contributed by atoms with Crippen LogP contribution in [0.25, 0.3) is 6.08 Å². The van der Waals surface area contributed by atoms with Gasteiger partial charge in [-0.25, -0.2) is 0 Å². The van der Waals surface area contributed by atoms with Crippen LogP contribution in [-0.2, 0) is 4.79 Å². The Kier molecular flexibility index (Phi) is 3.26.